The number of hydrogen-bond donors (Lipinski definition) is 3. The quantitative estimate of drug-likeness (QED) is 0.339. The first kappa shape index (κ1) is 20.4. The summed E-state index contributed by atoms with van der Waals surface area (Å²) in [5, 5.41) is 10.3. The molecule has 0 atom stereocenters. The maximum absolute atomic E-state index is 12.2. The number of amides is 2. The fraction of sp³-hybridized carbons (Fsp3) is 0.350. The van der Waals surface area contributed by atoms with Crippen LogP contribution in [-0.2, 0) is 17.6 Å². The Morgan fingerprint density at radius 1 is 1.11 bits per heavy atom. The van der Waals surface area contributed by atoms with Crippen molar-refractivity contribution in [2.45, 2.75) is 19.3 Å². The Hall–Kier alpha value is -2.93. The molecule has 0 fully saturated rings. The maximum Gasteiger partial charge on any atom is 0.324 e. The number of aromatic nitrogens is 1. The van der Waals surface area contributed by atoms with Crippen molar-refractivity contribution in [3.63, 3.8) is 0 Å². The van der Waals surface area contributed by atoms with Gasteiger partial charge in [-0.25, -0.2) is 4.79 Å². The smallest absolute Gasteiger partial charge is 0.324 e. The van der Waals surface area contributed by atoms with Crippen LogP contribution in [0.15, 0.2) is 54.9 Å². The third-order valence-electron chi connectivity index (χ3n) is 4.01. The summed E-state index contributed by atoms with van der Waals surface area (Å²) in [6, 6.07) is 13.6. The summed E-state index contributed by atoms with van der Waals surface area (Å²) in [7, 11) is 0. The number of carbonyl (C=O) groups is 1. The van der Waals surface area contributed by atoms with Crippen molar-refractivity contribution in [1.82, 2.24) is 15.2 Å². The SMILES string of the molecule is N=C(N)N(CCCc1cccnc1)C(=O)NCCOCCc1ccccc1. The van der Waals surface area contributed by atoms with E-state index in [1.54, 1.807) is 12.4 Å². The average Bonchev–Trinajstić information content (AvgIpc) is 2.69. The molecule has 0 spiro atoms. The van der Waals surface area contributed by atoms with E-state index in [1.807, 2.05) is 30.3 Å². The van der Waals surface area contributed by atoms with Gasteiger partial charge in [0.15, 0.2) is 5.96 Å². The van der Waals surface area contributed by atoms with Gasteiger partial charge >= 0.3 is 6.03 Å². The van der Waals surface area contributed by atoms with Gasteiger partial charge in [-0.3, -0.25) is 15.3 Å². The molecule has 1 heterocycles. The van der Waals surface area contributed by atoms with Crippen LogP contribution < -0.4 is 11.1 Å². The molecule has 7 heteroatoms. The highest BCUT2D eigenvalue weighted by atomic mass is 16.5. The Labute approximate surface area is 160 Å². The molecular weight excluding hydrogens is 342 g/mol. The van der Waals surface area contributed by atoms with Crippen LogP contribution >= 0.6 is 0 Å². The summed E-state index contributed by atoms with van der Waals surface area (Å²) in [6.45, 7) is 1.77. The van der Waals surface area contributed by atoms with Gasteiger partial charge < -0.3 is 15.8 Å². The number of guanidine groups is 1. The molecule has 2 aromatic rings. The molecule has 144 valence electrons. The number of nitrogens with one attached hydrogen (secondary N) is 2. The van der Waals surface area contributed by atoms with E-state index in [0.29, 0.717) is 32.7 Å². The molecule has 2 rings (SSSR count). The van der Waals surface area contributed by atoms with Gasteiger partial charge in [-0.2, -0.15) is 0 Å². The van der Waals surface area contributed by atoms with E-state index in [9.17, 15) is 4.79 Å². The molecule has 0 aliphatic heterocycles. The largest absolute Gasteiger partial charge is 0.379 e. The molecule has 0 radical (unpaired) electrons. The van der Waals surface area contributed by atoms with Crippen molar-refractivity contribution in [1.29, 1.82) is 5.41 Å². The van der Waals surface area contributed by atoms with Crippen molar-refractivity contribution in [3.05, 3.63) is 66.0 Å². The van der Waals surface area contributed by atoms with Gasteiger partial charge in [0.25, 0.3) is 0 Å². The second kappa shape index (κ2) is 11.6. The molecule has 27 heavy (non-hydrogen) atoms. The van der Waals surface area contributed by atoms with Crippen molar-refractivity contribution in [2.75, 3.05) is 26.3 Å². The minimum absolute atomic E-state index is 0.260. The Balaban J connectivity index is 1.61. The van der Waals surface area contributed by atoms with Crippen LogP contribution in [0.3, 0.4) is 0 Å². The summed E-state index contributed by atoms with van der Waals surface area (Å²) in [6.07, 6.45) is 5.83. The Kier molecular flexibility index (Phi) is 8.79. The number of carbonyl (C=O) groups excluding carboxylic acids is 1. The number of ether oxygens (including phenoxy) is 1. The van der Waals surface area contributed by atoms with Gasteiger partial charge in [0.1, 0.15) is 0 Å². The van der Waals surface area contributed by atoms with Crippen LogP contribution in [0.2, 0.25) is 0 Å². The van der Waals surface area contributed by atoms with E-state index in [2.05, 4.69) is 22.4 Å². The maximum atomic E-state index is 12.2. The van der Waals surface area contributed by atoms with Crippen LogP contribution in [-0.4, -0.2) is 48.2 Å². The summed E-state index contributed by atoms with van der Waals surface area (Å²) in [4.78, 5) is 17.5. The number of urea groups is 1. The molecule has 2 amide bonds. The van der Waals surface area contributed by atoms with Gasteiger partial charge in [0.05, 0.1) is 13.2 Å². The standard InChI is InChI=1S/C20H27N5O2/c21-19(22)25(13-5-9-18-8-4-11-23-16-18)20(26)24-12-15-27-14-10-17-6-2-1-3-7-17/h1-4,6-8,11,16H,5,9-10,12-15H2,(H3,21,22)(H,24,26). The van der Waals surface area contributed by atoms with Crippen molar-refractivity contribution < 1.29 is 9.53 Å². The molecular formula is C20H27N5O2. The van der Waals surface area contributed by atoms with E-state index in [-0.39, 0.29) is 12.0 Å². The Morgan fingerprint density at radius 2 is 1.89 bits per heavy atom. The van der Waals surface area contributed by atoms with Gasteiger partial charge in [-0.15, -0.1) is 0 Å². The van der Waals surface area contributed by atoms with Gasteiger partial charge in [-0.1, -0.05) is 36.4 Å². The van der Waals surface area contributed by atoms with Crippen LogP contribution in [0.5, 0.6) is 0 Å². The van der Waals surface area contributed by atoms with Crippen molar-refractivity contribution in [3.8, 4) is 0 Å². The summed E-state index contributed by atoms with van der Waals surface area (Å²) >= 11 is 0. The molecule has 4 N–H and O–H groups in total. The second-order valence-corrected chi connectivity index (χ2v) is 6.08. The van der Waals surface area contributed by atoms with E-state index < -0.39 is 0 Å². The molecule has 0 saturated carbocycles. The minimum atomic E-state index is -0.375. The molecule has 7 nitrogen and oxygen atoms in total. The molecule has 0 bridgehead atoms. The van der Waals surface area contributed by atoms with E-state index in [0.717, 1.165) is 18.4 Å². The number of hydrogen-bond acceptors (Lipinski definition) is 4. The molecule has 0 aliphatic carbocycles. The number of nitrogens with zero attached hydrogens (tertiary/aromatic N) is 2. The van der Waals surface area contributed by atoms with Gasteiger partial charge in [-0.05, 0) is 36.5 Å². The van der Waals surface area contributed by atoms with Crippen LogP contribution in [0, 0.1) is 5.41 Å². The number of aryl methyl sites for hydroxylation is 1. The first-order valence-electron chi connectivity index (χ1n) is 9.07. The van der Waals surface area contributed by atoms with Crippen LogP contribution in [0.25, 0.3) is 0 Å². The number of benzene rings is 1. The third-order valence-corrected chi connectivity index (χ3v) is 4.01. The normalized spacial score (nSPS) is 10.4. The molecule has 0 aliphatic rings. The molecule has 1 aromatic heterocycles. The number of rotatable bonds is 10. The van der Waals surface area contributed by atoms with Crippen molar-refractivity contribution in [2.24, 2.45) is 5.73 Å². The summed E-state index contributed by atoms with van der Waals surface area (Å²) in [5.74, 6) is -0.260. The summed E-state index contributed by atoms with van der Waals surface area (Å²) in [5.41, 5.74) is 7.85. The highest BCUT2D eigenvalue weighted by Crippen LogP contribution is 2.02. The predicted octanol–water partition coefficient (Wildman–Crippen LogP) is 2.18. The lowest BCUT2D eigenvalue weighted by Gasteiger charge is -2.21. The molecule has 1 aromatic carbocycles. The second-order valence-electron chi connectivity index (χ2n) is 6.08. The molecule has 0 saturated heterocycles. The average molecular weight is 369 g/mol. The lowest BCUT2D eigenvalue weighted by Crippen LogP contribution is -2.48. The van der Waals surface area contributed by atoms with Crippen LogP contribution in [0.4, 0.5) is 4.79 Å². The van der Waals surface area contributed by atoms with Gasteiger partial charge in [0.2, 0.25) is 0 Å². The van der Waals surface area contributed by atoms with Crippen molar-refractivity contribution >= 4 is 12.0 Å². The molecule has 0 unspecified atom stereocenters. The van der Waals surface area contributed by atoms with Gasteiger partial charge in [0, 0.05) is 25.5 Å². The van der Waals surface area contributed by atoms with E-state index >= 15 is 0 Å². The highest BCUT2D eigenvalue weighted by Gasteiger charge is 2.15. The predicted molar refractivity (Wildman–Crippen MR) is 106 cm³/mol. The first-order valence-corrected chi connectivity index (χ1v) is 9.07. The topological polar surface area (TPSA) is 104 Å². The lowest BCUT2D eigenvalue weighted by atomic mass is 10.1. The fourth-order valence-corrected chi connectivity index (χ4v) is 2.58. The Morgan fingerprint density at radius 3 is 2.59 bits per heavy atom. The Bertz CT molecular complexity index is 694. The zero-order chi connectivity index (χ0) is 19.3. The number of nitrogens with two attached hydrogens (primary N) is 1. The van der Waals surface area contributed by atoms with E-state index in [4.69, 9.17) is 15.9 Å². The third kappa shape index (κ3) is 7.87. The first-order chi connectivity index (χ1) is 13.2. The number of pyridine rings is 1. The fourth-order valence-electron chi connectivity index (χ4n) is 2.58. The zero-order valence-corrected chi connectivity index (χ0v) is 15.4. The lowest BCUT2D eigenvalue weighted by molar-refractivity contribution is 0.138. The van der Waals surface area contributed by atoms with E-state index in [1.165, 1.54) is 10.5 Å². The monoisotopic (exact) mass is 369 g/mol. The summed E-state index contributed by atoms with van der Waals surface area (Å²) < 4.78 is 5.54. The van der Waals surface area contributed by atoms with Crippen LogP contribution in [0.1, 0.15) is 17.5 Å². The zero-order valence-electron chi connectivity index (χ0n) is 15.4. The highest BCUT2D eigenvalue weighted by molar-refractivity contribution is 5.93. The minimum Gasteiger partial charge on any atom is -0.379 e.